The van der Waals surface area contributed by atoms with E-state index in [0.717, 1.165) is 29.9 Å². The van der Waals surface area contributed by atoms with Crippen LogP contribution in [0.2, 0.25) is 0 Å². The second-order valence-corrected chi connectivity index (χ2v) is 6.50. The summed E-state index contributed by atoms with van der Waals surface area (Å²) in [4.78, 5) is 14.5. The summed E-state index contributed by atoms with van der Waals surface area (Å²) in [5.74, 6) is -0.332. The van der Waals surface area contributed by atoms with Crippen LogP contribution in [0, 0.1) is 6.92 Å². The number of amides is 1. The van der Waals surface area contributed by atoms with E-state index < -0.39 is 0 Å². The number of benzene rings is 2. The summed E-state index contributed by atoms with van der Waals surface area (Å²) >= 11 is 0. The summed E-state index contributed by atoms with van der Waals surface area (Å²) in [6.07, 6.45) is 1.63. The Morgan fingerprint density at radius 1 is 1.11 bits per heavy atom. The number of carbonyl (C=O) groups excluding carboxylic acids is 1. The highest BCUT2D eigenvalue weighted by Crippen LogP contribution is 2.18. The normalized spacial score (nSPS) is 11.0. The molecule has 1 heterocycles. The van der Waals surface area contributed by atoms with Crippen molar-refractivity contribution in [3.8, 4) is 11.3 Å². The van der Waals surface area contributed by atoms with Crippen LogP contribution in [0.3, 0.4) is 0 Å². The molecule has 0 aliphatic rings. The zero-order chi connectivity index (χ0) is 19.9. The Kier molecular flexibility index (Phi) is 6.22. The Hall–Kier alpha value is -3.41. The van der Waals surface area contributed by atoms with Gasteiger partial charge in [-0.3, -0.25) is 9.89 Å². The highest BCUT2D eigenvalue weighted by atomic mass is 16.2. The maximum absolute atomic E-state index is 12.3. The van der Waals surface area contributed by atoms with Gasteiger partial charge in [-0.05, 0) is 44.5 Å². The molecule has 6 nitrogen and oxygen atoms in total. The molecule has 28 heavy (non-hydrogen) atoms. The highest BCUT2D eigenvalue weighted by Gasteiger charge is 2.10. The number of aromatic amines is 1. The van der Waals surface area contributed by atoms with Gasteiger partial charge in [-0.25, -0.2) is 5.43 Å². The summed E-state index contributed by atoms with van der Waals surface area (Å²) in [6, 6.07) is 17.8. The van der Waals surface area contributed by atoms with Crippen LogP contribution in [-0.4, -0.2) is 35.4 Å². The van der Waals surface area contributed by atoms with Crippen LogP contribution in [0.4, 0.5) is 5.69 Å². The van der Waals surface area contributed by atoms with Gasteiger partial charge in [0.25, 0.3) is 5.91 Å². The third kappa shape index (κ3) is 4.65. The van der Waals surface area contributed by atoms with Crippen LogP contribution < -0.4 is 10.3 Å². The maximum Gasteiger partial charge on any atom is 0.289 e. The molecule has 0 bridgehead atoms. The zero-order valence-corrected chi connectivity index (χ0v) is 16.4. The van der Waals surface area contributed by atoms with E-state index in [2.05, 4.69) is 51.6 Å². The minimum atomic E-state index is -0.332. The second-order valence-electron chi connectivity index (χ2n) is 6.50. The molecule has 0 atom stereocenters. The molecule has 0 saturated heterocycles. The van der Waals surface area contributed by atoms with Gasteiger partial charge in [0.2, 0.25) is 0 Å². The van der Waals surface area contributed by atoms with Crippen molar-refractivity contribution in [1.29, 1.82) is 0 Å². The fraction of sp³-hybridized carbons (Fsp3) is 0.227. The number of nitrogens with one attached hydrogen (secondary N) is 2. The third-order valence-electron chi connectivity index (χ3n) is 4.57. The molecule has 0 radical (unpaired) electrons. The number of nitrogens with zero attached hydrogens (tertiary/aromatic N) is 3. The lowest BCUT2D eigenvalue weighted by molar-refractivity contribution is 0.0950. The van der Waals surface area contributed by atoms with Crippen molar-refractivity contribution in [3.05, 3.63) is 71.4 Å². The molecule has 0 unspecified atom stereocenters. The lowest BCUT2D eigenvalue weighted by atomic mass is 10.1. The zero-order valence-electron chi connectivity index (χ0n) is 16.4. The van der Waals surface area contributed by atoms with Gasteiger partial charge in [0.15, 0.2) is 0 Å². The maximum atomic E-state index is 12.3. The molecule has 3 aromatic rings. The summed E-state index contributed by atoms with van der Waals surface area (Å²) in [5.41, 5.74) is 7.84. The van der Waals surface area contributed by atoms with Crippen LogP contribution in [0.25, 0.3) is 11.3 Å². The van der Waals surface area contributed by atoms with Gasteiger partial charge in [0.1, 0.15) is 5.69 Å². The fourth-order valence-corrected chi connectivity index (χ4v) is 2.90. The molecule has 0 fully saturated rings. The quantitative estimate of drug-likeness (QED) is 0.484. The average molecular weight is 375 g/mol. The van der Waals surface area contributed by atoms with E-state index in [4.69, 9.17) is 0 Å². The molecule has 0 aliphatic heterocycles. The molecule has 2 aromatic carbocycles. The Bertz CT molecular complexity index is 938. The highest BCUT2D eigenvalue weighted by molar-refractivity contribution is 5.94. The van der Waals surface area contributed by atoms with Gasteiger partial charge >= 0.3 is 0 Å². The first-order valence-corrected chi connectivity index (χ1v) is 9.41. The summed E-state index contributed by atoms with van der Waals surface area (Å²) < 4.78 is 0. The van der Waals surface area contributed by atoms with Crippen molar-refractivity contribution < 1.29 is 4.79 Å². The van der Waals surface area contributed by atoms with Gasteiger partial charge < -0.3 is 4.90 Å². The van der Waals surface area contributed by atoms with Gasteiger partial charge in [-0.2, -0.15) is 10.2 Å². The van der Waals surface area contributed by atoms with E-state index in [1.807, 2.05) is 43.3 Å². The van der Waals surface area contributed by atoms with Crippen molar-refractivity contribution in [2.45, 2.75) is 20.8 Å². The molecule has 0 saturated carbocycles. The average Bonchev–Trinajstić information content (AvgIpc) is 3.21. The predicted octanol–water partition coefficient (Wildman–Crippen LogP) is 4.00. The van der Waals surface area contributed by atoms with Crippen molar-refractivity contribution in [2.24, 2.45) is 5.10 Å². The first-order valence-electron chi connectivity index (χ1n) is 9.41. The van der Waals surface area contributed by atoms with Crippen molar-refractivity contribution in [1.82, 2.24) is 15.6 Å². The SMILES string of the molecule is CCN(CC)c1ccc(C=NNC(=O)c2cc(-c3ccc(C)cc3)n[nH]2)cc1. The first-order chi connectivity index (χ1) is 13.6. The Morgan fingerprint density at radius 2 is 1.79 bits per heavy atom. The molecule has 144 valence electrons. The molecule has 0 spiro atoms. The Labute approximate surface area is 165 Å². The second kappa shape index (κ2) is 8.99. The number of anilines is 1. The van der Waals surface area contributed by atoms with Crippen LogP contribution in [0.15, 0.2) is 59.7 Å². The third-order valence-corrected chi connectivity index (χ3v) is 4.57. The number of H-pyrrole nitrogens is 1. The van der Waals surface area contributed by atoms with Crippen LogP contribution >= 0.6 is 0 Å². The Balaban J connectivity index is 1.60. The number of aromatic nitrogens is 2. The van der Waals surface area contributed by atoms with Crippen LogP contribution in [0.1, 0.15) is 35.5 Å². The van der Waals surface area contributed by atoms with Crippen molar-refractivity contribution in [2.75, 3.05) is 18.0 Å². The minimum absolute atomic E-state index is 0.332. The lowest BCUT2D eigenvalue weighted by Crippen LogP contribution is -2.21. The van der Waals surface area contributed by atoms with Crippen molar-refractivity contribution >= 4 is 17.8 Å². The summed E-state index contributed by atoms with van der Waals surface area (Å²) in [6.45, 7) is 8.23. The number of hydrogen-bond donors (Lipinski definition) is 2. The number of aryl methyl sites for hydroxylation is 1. The fourth-order valence-electron chi connectivity index (χ4n) is 2.90. The van der Waals surface area contributed by atoms with Gasteiger partial charge in [-0.15, -0.1) is 0 Å². The lowest BCUT2D eigenvalue weighted by Gasteiger charge is -2.20. The smallest absolute Gasteiger partial charge is 0.289 e. The van der Waals surface area contributed by atoms with Crippen molar-refractivity contribution in [3.63, 3.8) is 0 Å². The van der Waals surface area contributed by atoms with E-state index >= 15 is 0 Å². The molecule has 6 heteroatoms. The van der Waals surface area contributed by atoms with E-state index in [1.165, 1.54) is 11.3 Å². The van der Waals surface area contributed by atoms with E-state index in [1.54, 1.807) is 12.3 Å². The molecule has 0 aliphatic carbocycles. The van der Waals surface area contributed by atoms with Gasteiger partial charge in [-0.1, -0.05) is 42.0 Å². The van der Waals surface area contributed by atoms with Gasteiger partial charge in [0.05, 0.1) is 11.9 Å². The van der Waals surface area contributed by atoms with E-state index in [9.17, 15) is 4.79 Å². The number of rotatable bonds is 7. The van der Waals surface area contributed by atoms with Crippen LogP contribution in [-0.2, 0) is 0 Å². The molecule has 1 aromatic heterocycles. The van der Waals surface area contributed by atoms with Crippen LogP contribution in [0.5, 0.6) is 0 Å². The summed E-state index contributed by atoms with van der Waals surface area (Å²) in [7, 11) is 0. The summed E-state index contributed by atoms with van der Waals surface area (Å²) in [5, 5.41) is 11.0. The predicted molar refractivity (Wildman–Crippen MR) is 114 cm³/mol. The number of carbonyl (C=O) groups is 1. The number of hydrazone groups is 1. The standard InChI is InChI=1S/C22H25N5O/c1-4-27(5-2)19-12-8-17(9-13-19)15-23-26-22(28)21-14-20(24-25-21)18-10-6-16(3)7-11-18/h6-15H,4-5H2,1-3H3,(H,24,25)(H,26,28). The number of hydrogen-bond acceptors (Lipinski definition) is 4. The molecule has 1 amide bonds. The molecular formula is C22H25N5O. The molecule has 3 rings (SSSR count). The molecular weight excluding hydrogens is 350 g/mol. The van der Waals surface area contributed by atoms with E-state index in [0.29, 0.717) is 5.69 Å². The largest absolute Gasteiger partial charge is 0.372 e. The Morgan fingerprint density at radius 3 is 2.43 bits per heavy atom. The molecule has 2 N–H and O–H groups in total. The first kappa shape index (κ1) is 19.4. The monoisotopic (exact) mass is 375 g/mol. The van der Waals surface area contributed by atoms with E-state index in [-0.39, 0.29) is 5.91 Å². The minimum Gasteiger partial charge on any atom is -0.372 e. The van der Waals surface area contributed by atoms with Gasteiger partial charge in [0, 0.05) is 24.3 Å². The topological polar surface area (TPSA) is 73.4 Å².